The summed E-state index contributed by atoms with van der Waals surface area (Å²) >= 11 is 0. The zero-order valence-electron chi connectivity index (χ0n) is 22.8. The highest BCUT2D eigenvalue weighted by Gasteiger charge is 2.23. The second-order valence-corrected chi connectivity index (χ2v) is 9.66. The number of aromatic nitrogens is 2. The smallest absolute Gasteiger partial charge is 0.243 e. The van der Waals surface area contributed by atoms with Crippen LogP contribution in [-0.4, -0.2) is 80.0 Å². The van der Waals surface area contributed by atoms with Gasteiger partial charge in [-0.15, -0.1) is 0 Å². The number of likely N-dealkylation sites (N-methyl/N-ethyl adjacent to an activating group) is 1. The monoisotopic (exact) mass is 523 g/mol. The molecule has 0 radical (unpaired) electrons. The molecular formula is C28H37N5O5. The fourth-order valence-corrected chi connectivity index (χ4v) is 4.76. The number of benzene rings is 2. The van der Waals surface area contributed by atoms with Gasteiger partial charge in [-0.3, -0.25) is 10.0 Å². The standard InChI is InChI=1S/C28H37N5O5/c1-18-14-20(15-19(2)26(18)38-13-7-6-8-24(34)31-35)27-29-22-16-21(36-4)17-23(37-5)25(22)28(30-27)33-11-9-32(3)10-12-33/h14-17,35H,6-13H2,1-5H3,(H,31,34). The summed E-state index contributed by atoms with van der Waals surface area (Å²) in [6, 6.07) is 7.90. The summed E-state index contributed by atoms with van der Waals surface area (Å²) in [5, 5.41) is 9.50. The summed E-state index contributed by atoms with van der Waals surface area (Å²) in [6.07, 6.45) is 1.61. The Morgan fingerprint density at radius 2 is 1.71 bits per heavy atom. The molecule has 0 spiro atoms. The predicted molar refractivity (Wildman–Crippen MR) is 147 cm³/mol. The van der Waals surface area contributed by atoms with E-state index in [4.69, 9.17) is 29.4 Å². The van der Waals surface area contributed by atoms with Crippen LogP contribution in [0.15, 0.2) is 24.3 Å². The van der Waals surface area contributed by atoms with Crippen molar-refractivity contribution >= 4 is 22.6 Å². The molecule has 0 unspecified atom stereocenters. The fourth-order valence-electron chi connectivity index (χ4n) is 4.76. The maximum Gasteiger partial charge on any atom is 0.243 e. The molecule has 0 aliphatic carbocycles. The number of rotatable bonds is 10. The highest BCUT2D eigenvalue weighted by Crippen LogP contribution is 2.38. The number of hydroxylamine groups is 1. The van der Waals surface area contributed by atoms with Crippen molar-refractivity contribution in [3.8, 4) is 28.6 Å². The molecule has 1 aromatic heterocycles. The first-order valence-electron chi connectivity index (χ1n) is 12.9. The van der Waals surface area contributed by atoms with Crippen LogP contribution in [0.4, 0.5) is 5.82 Å². The Bertz CT molecular complexity index is 1270. The molecule has 2 heterocycles. The Morgan fingerprint density at radius 1 is 1.00 bits per heavy atom. The molecule has 1 saturated heterocycles. The Labute approximate surface area is 223 Å². The van der Waals surface area contributed by atoms with Crippen LogP contribution in [0.1, 0.15) is 30.4 Å². The van der Waals surface area contributed by atoms with E-state index in [2.05, 4.69) is 16.8 Å². The number of hydrogen-bond donors (Lipinski definition) is 2. The van der Waals surface area contributed by atoms with Gasteiger partial charge in [0.15, 0.2) is 5.82 Å². The van der Waals surface area contributed by atoms with Crippen molar-refractivity contribution in [2.45, 2.75) is 33.1 Å². The molecule has 0 bridgehead atoms. The average molecular weight is 524 g/mol. The number of carbonyl (C=O) groups excluding carboxylic acids is 1. The fraction of sp³-hybridized carbons (Fsp3) is 0.464. The lowest BCUT2D eigenvalue weighted by Crippen LogP contribution is -2.45. The van der Waals surface area contributed by atoms with Crippen LogP contribution in [0.2, 0.25) is 0 Å². The molecule has 10 heteroatoms. The number of unbranched alkanes of at least 4 members (excludes halogenated alkanes) is 1. The molecule has 38 heavy (non-hydrogen) atoms. The van der Waals surface area contributed by atoms with Gasteiger partial charge >= 0.3 is 0 Å². The number of methoxy groups -OCH3 is 2. The molecule has 1 aliphatic heterocycles. The molecule has 3 aromatic rings. The molecule has 1 aliphatic rings. The summed E-state index contributed by atoms with van der Waals surface area (Å²) in [5.41, 5.74) is 5.30. The molecule has 2 N–H and O–H groups in total. The molecule has 4 rings (SSSR count). The van der Waals surface area contributed by atoms with Crippen LogP contribution in [0.5, 0.6) is 17.2 Å². The highest BCUT2D eigenvalue weighted by molar-refractivity contribution is 5.97. The van der Waals surface area contributed by atoms with E-state index in [-0.39, 0.29) is 12.3 Å². The predicted octanol–water partition coefficient (Wildman–Crippen LogP) is 3.74. The second kappa shape index (κ2) is 12.3. The van der Waals surface area contributed by atoms with E-state index in [0.717, 1.165) is 65.3 Å². The number of nitrogens with one attached hydrogen (secondary N) is 1. The second-order valence-electron chi connectivity index (χ2n) is 9.66. The number of ether oxygens (including phenoxy) is 3. The van der Waals surface area contributed by atoms with Crippen LogP contribution < -0.4 is 24.6 Å². The van der Waals surface area contributed by atoms with Gasteiger partial charge in [0.25, 0.3) is 0 Å². The first kappa shape index (κ1) is 27.4. The van der Waals surface area contributed by atoms with Gasteiger partial charge < -0.3 is 24.0 Å². The minimum atomic E-state index is -0.386. The van der Waals surface area contributed by atoms with Gasteiger partial charge in [-0.25, -0.2) is 15.4 Å². The number of piperazine rings is 1. The van der Waals surface area contributed by atoms with Crippen molar-refractivity contribution < 1.29 is 24.2 Å². The van der Waals surface area contributed by atoms with E-state index >= 15 is 0 Å². The quantitative estimate of drug-likeness (QED) is 0.233. The van der Waals surface area contributed by atoms with E-state index in [9.17, 15) is 4.79 Å². The number of fused-ring (bicyclic) bond motifs is 1. The lowest BCUT2D eigenvalue weighted by molar-refractivity contribution is -0.129. The van der Waals surface area contributed by atoms with Crippen molar-refractivity contribution in [2.75, 3.05) is 59.0 Å². The Morgan fingerprint density at radius 3 is 2.34 bits per heavy atom. The molecule has 0 atom stereocenters. The first-order valence-corrected chi connectivity index (χ1v) is 12.9. The Kier molecular flexibility index (Phi) is 8.85. The highest BCUT2D eigenvalue weighted by atomic mass is 16.5. The van der Waals surface area contributed by atoms with Crippen LogP contribution in [-0.2, 0) is 4.79 Å². The maximum absolute atomic E-state index is 11.2. The Balaban J connectivity index is 1.68. The topological polar surface area (TPSA) is 109 Å². The van der Waals surface area contributed by atoms with Gasteiger partial charge in [0.2, 0.25) is 5.91 Å². The Hall–Kier alpha value is -3.63. The molecule has 10 nitrogen and oxygen atoms in total. The summed E-state index contributed by atoms with van der Waals surface area (Å²) < 4.78 is 17.3. The third-order valence-electron chi connectivity index (χ3n) is 6.86. The van der Waals surface area contributed by atoms with E-state index in [0.29, 0.717) is 36.8 Å². The average Bonchev–Trinajstić information content (AvgIpc) is 2.92. The van der Waals surface area contributed by atoms with Crippen LogP contribution in [0.3, 0.4) is 0 Å². The minimum absolute atomic E-state index is 0.265. The summed E-state index contributed by atoms with van der Waals surface area (Å²) in [5.74, 6) is 3.30. The van der Waals surface area contributed by atoms with Crippen LogP contribution in [0.25, 0.3) is 22.3 Å². The van der Waals surface area contributed by atoms with E-state index < -0.39 is 0 Å². The summed E-state index contributed by atoms with van der Waals surface area (Å²) in [6.45, 7) is 8.14. The zero-order chi connectivity index (χ0) is 27.2. The van der Waals surface area contributed by atoms with E-state index in [1.54, 1.807) is 19.7 Å². The van der Waals surface area contributed by atoms with Gasteiger partial charge in [0, 0.05) is 50.3 Å². The summed E-state index contributed by atoms with van der Waals surface area (Å²) in [4.78, 5) is 25.8. The van der Waals surface area contributed by atoms with Gasteiger partial charge in [-0.2, -0.15) is 0 Å². The van der Waals surface area contributed by atoms with Crippen LogP contribution >= 0.6 is 0 Å². The third kappa shape index (κ3) is 6.08. The van der Waals surface area contributed by atoms with Gasteiger partial charge in [0.1, 0.15) is 23.1 Å². The number of nitrogens with zero attached hydrogens (tertiary/aromatic N) is 4. The van der Waals surface area contributed by atoms with Crippen molar-refractivity contribution in [1.82, 2.24) is 20.3 Å². The molecule has 1 fully saturated rings. The molecule has 1 amide bonds. The van der Waals surface area contributed by atoms with Crippen molar-refractivity contribution in [3.05, 3.63) is 35.4 Å². The number of hydrogen-bond acceptors (Lipinski definition) is 9. The van der Waals surface area contributed by atoms with E-state index in [1.165, 1.54) is 0 Å². The number of amides is 1. The number of anilines is 1. The SMILES string of the molecule is COc1cc(OC)c2c(N3CCN(C)CC3)nc(-c3cc(C)c(OCCCCC(=O)NO)c(C)c3)nc2c1. The lowest BCUT2D eigenvalue weighted by atomic mass is 10.0. The first-order chi connectivity index (χ1) is 18.3. The summed E-state index contributed by atoms with van der Waals surface area (Å²) in [7, 11) is 5.42. The van der Waals surface area contributed by atoms with Gasteiger partial charge in [0.05, 0.1) is 31.7 Å². The maximum atomic E-state index is 11.2. The van der Waals surface area contributed by atoms with Crippen molar-refractivity contribution in [3.63, 3.8) is 0 Å². The molecular weight excluding hydrogens is 486 g/mol. The number of aryl methyl sites for hydroxylation is 2. The molecule has 204 valence electrons. The minimum Gasteiger partial charge on any atom is -0.497 e. The largest absolute Gasteiger partial charge is 0.497 e. The molecule has 0 saturated carbocycles. The third-order valence-corrected chi connectivity index (χ3v) is 6.86. The van der Waals surface area contributed by atoms with Crippen molar-refractivity contribution in [1.29, 1.82) is 0 Å². The lowest BCUT2D eigenvalue weighted by Gasteiger charge is -2.34. The van der Waals surface area contributed by atoms with Gasteiger partial charge in [-0.1, -0.05) is 0 Å². The number of carbonyl (C=O) groups is 1. The van der Waals surface area contributed by atoms with Crippen LogP contribution in [0, 0.1) is 13.8 Å². The molecule has 2 aromatic carbocycles. The van der Waals surface area contributed by atoms with Gasteiger partial charge in [-0.05, 0) is 57.0 Å². The van der Waals surface area contributed by atoms with E-state index in [1.807, 2.05) is 38.1 Å². The zero-order valence-corrected chi connectivity index (χ0v) is 22.8. The normalized spacial score (nSPS) is 14.0. The van der Waals surface area contributed by atoms with Crippen molar-refractivity contribution in [2.24, 2.45) is 0 Å².